The second kappa shape index (κ2) is 6.06. The summed E-state index contributed by atoms with van der Waals surface area (Å²) < 4.78 is 12.8. The van der Waals surface area contributed by atoms with Crippen molar-refractivity contribution in [2.75, 3.05) is 0 Å². The molecule has 2 aromatic carbocycles. The maximum Gasteiger partial charge on any atom is 0.237 e. The van der Waals surface area contributed by atoms with Gasteiger partial charge in [-0.15, -0.1) is 0 Å². The number of hydrogen-bond donors (Lipinski definition) is 2. The Hall–Kier alpha value is -2.20. The molecule has 1 heterocycles. The Balaban J connectivity index is 1.58. The summed E-state index contributed by atoms with van der Waals surface area (Å²) in [5.74, 6) is -0.288. The number of nitrogens with one attached hydrogen (secondary N) is 2. The Morgan fingerprint density at radius 2 is 1.86 bits per heavy atom. The zero-order chi connectivity index (χ0) is 14.7. The van der Waals surface area contributed by atoms with E-state index in [-0.39, 0.29) is 17.8 Å². The van der Waals surface area contributed by atoms with E-state index in [9.17, 15) is 9.18 Å². The van der Waals surface area contributed by atoms with Crippen LogP contribution in [0.25, 0.3) is 0 Å². The quantitative estimate of drug-likeness (QED) is 0.907. The second-order valence-corrected chi connectivity index (χ2v) is 5.25. The molecule has 1 aliphatic heterocycles. The number of benzene rings is 2. The van der Waals surface area contributed by atoms with E-state index in [2.05, 4.69) is 22.8 Å². The zero-order valence-corrected chi connectivity index (χ0v) is 11.6. The Kier molecular flexibility index (Phi) is 3.97. The van der Waals surface area contributed by atoms with Crippen molar-refractivity contribution in [3.8, 4) is 0 Å². The van der Waals surface area contributed by atoms with Gasteiger partial charge in [0.15, 0.2) is 0 Å². The predicted molar refractivity (Wildman–Crippen MR) is 79.0 cm³/mol. The van der Waals surface area contributed by atoms with Crippen molar-refractivity contribution in [3.05, 3.63) is 71.0 Å². The molecule has 0 aromatic heterocycles. The average Bonchev–Trinajstić information content (AvgIpc) is 2.53. The van der Waals surface area contributed by atoms with E-state index in [1.165, 1.54) is 23.3 Å². The Morgan fingerprint density at radius 3 is 2.62 bits per heavy atom. The van der Waals surface area contributed by atoms with E-state index >= 15 is 0 Å². The highest BCUT2D eigenvalue weighted by atomic mass is 19.1. The third-order valence-corrected chi connectivity index (χ3v) is 3.78. The predicted octanol–water partition coefficient (Wildman–Crippen LogP) is 2.16. The Labute approximate surface area is 123 Å². The van der Waals surface area contributed by atoms with Gasteiger partial charge < -0.3 is 10.6 Å². The van der Waals surface area contributed by atoms with E-state index < -0.39 is 0 Å². The first-order chi connectivity index (χ1) is 10.2. The Bertz CT molecular complexity index is 639. The fraction of sp³-hybridized carbons (Fsp3) is 0.235. The standard InChI is InChI=1S/C17H17FN2O/c18-15-7-5-12(6-8-15)10-20-17(21)16-9-13-3-1-2-4-14(13)11-19-16/h1-8,16,19H,9-11H2,(H,20,21)/t16-/m1/s1. The minimum absolute atomic E-state index is 0.0196. The average molecular weight is 284 g/mol. The van der Waals surface area contributed by atoms with Crippen LogP contribution in [0, 0.1) is 5.82 Å². The molecule has 1 amide bonds. The molecule has 3 rings (SSSR count). The highest BCUT2D eigenvalue weighted by Crippen LogP contribution is 2.16. The van der Waals surface area contributed by atoms with Gasteiger partial charge in [-0.05, 0) is 35.2 Å². The summed E-state index contributed by atoms with van der Waals surface area (Å²) >= 11 is 0. The molecule has 1 aliphatic rings. The van der Waals surface area contributed by atoms with Crippen LogP contribution in [0.2, 0.25) is 0 Å². The fourth-order valence-corrected chi connectivity index (χ4v) is 2.55. The number of fused-ring (bicyclic) bond motifs is 1. The lowest BCUT2D eigenvalue weighted by Crippen LogP contribution is -2.47. The molecule has 3 nitrogen and oxygen atoms in total. The summed E-state index contributed by atoms with van der Waals surface area (Å²) in [4.78, 5) is 12.2. The largest absolute Gasteiger partial charge is 0.351 e. The van der Waals surface area contributed by atoms with Crippen molar-refractivity contribution in [1.29, 1.82) is 0 Å². The van der Waals surface area contributed by atoms with Crippen LogP contribution >= 0.6 is 0 Å². The number of halogens is 1. The van der Waals surface area contributed by atoms with Gasteiger partial charge >= 0.3 is 0 Å². The number of rotatable bonds is 3. The highest BCUT2D eigenvalue weighted by molar-refractivity contribution is 5.82. The van der Waals surface area contributed by atoms with Crippen LogP contribution in [-0.2, 0) is 24.3 Å². The van der Waals surface area contributed by atoms with Gasteiger partial charge in [0, 0.05) is 13.1 Å². The maximum atomic E-state index is 12.8. The first-order valence-corrected chi connectivity index (χ1v) is 7.05. The molecule has 0 saturated carbocycles. The van der Waals surface area contributed by atoms with E-state index in [1.54, 1.807) is 12.1 Å². The molecule has 4 heteroatoms. The van der Waals surface area contributed by atoms with Gasteiger partial charge in [0.25, 0.3) is 0 Å². The molecular weight excluding hydrogens is 267 g/mol. The van der Waals surface area contributed by atoms with E-state index in [0.29, 0.717) is 19.5 Å². The fourth-order valence-electron chi connectivity index (χ4n) is 2.55. The summed E-state index contributed by atoms with van der Waals surface area (Å²) in [6.45, 7) is 1.13. The molecule has 0 saturated heterocycles. The first kappa shape index (κ1) is 13.8. The first-order valence-electron chi connectivity index (χ1n) is 7.05. The molecule has 2 N–H and O–H groups in total. The van der Waals surface area contributed by atoms with Crippen molar-refractivity contribution in [1.82, 2.24) is 10.6 Å². The molecule has 0 aliphatic carbocycles. The lowest BCUT2D eigenvalue weighted by atomic mass is 9.95. The summed E-state index contributed by atoms with van der Waals surface area (Å²) in [5, 5.41) is 6.14. The van der Waals surface area contributed by atoms with E-state index in [0.717, 1.165) is 5.56 Å². The molecule has 0 fully saturated rings. The van der Waals surface area contributed by atoms with Crippen molar-refractivity contribution in [2.45, 2.75) is 25.6 Å². The van der Waals surface area contributed by atoms with Gasteiger partial charge in [0.05, 0.1) is 6.04 Å². The molecular formula is C17H17FN2O. The molecule has 0 unspecified atom stereocenters. The minimum atomic E-state index is -0.268. The smallest absolute Gasteiger partial charge is 0.237 e. The summed E-state index contributed by atoms with van der Waals surface area (Å²) in [5.41, 5.74) is 3.36. The number of carbonyl (C=O) groups is 1. The summed E-state index contributed by atoms with van der Waals surface area (Å²) in [6, 6.07) is 14.1. The monoisotopic (exact) mass is 284 g/mol. The third-order valence-electron chi connectivity index (χ3n) is 3.78. The van der Waals surface area contributed by atoms with Gasteiger partial charge in [0.1, 0.15) is 5.82 Å². The highest BCUT2D eigenvalue weighted by Gasteiger charge is 2.23. The van der Waals surface area contributed by atoms with Crippen molar-refractivity contribution < 1.29 is 9.18 Å². The lowest BCUT2D eigenvalue weighted by molar-refractivity contribution is -0.123. The van der Waals surface area contributed by atoms with Crippen LogP contribution in [0.3, 0.4) is 0 Å². The number of carbonyl (C=O) groups excluding carboxylic acids is 1. The number of hydrogen-bond acceptors (Lipinski definition) is 2. The molecule has 0 radical (unpaired) electrons. The Morgan fingerprint density at radius 1 is 1.14 bits per heavy atom. The van der Waals surface area contributed by atoms with Crippen molar-refractivity contribution in [3.63, 3.8) is 0 Å². The zero-order valence-electron chi connectivity index (χ0n) is 11.6. The van der Waals surface area contributed by atoms with Gasteiger partial charge in [-0.3, -0.25) is 4.79 Å². The topological polar surface area (TPSA) is 41.1 Å². The lowest BCUT2D eigenvalue weighted by Gasteiger charge is -2.25. The van der Waals surface area contributed by atoms with E-state index in [1.807, 2.05) is 12.1 Å². The SMILES string of the molecule is O=C(NCc1ccc(F)cc1)[C@H]1Cc2ccccc2CN1. The molecule has 108 valence electrons. The molecule has 0 spiro atoms. The van der Waals surface area contributed by atoms with Crippen LogP contribution < -0.4 is 10.6 Å². The van der Waals surface area contributed by atoms with Crippen LogP contribution in [0.1, 0.15) is 16.7 Å². The van der Waals surface area contributed by atoms with Crippen LogP contribution in [-0.4, -0.2) is 11.9 Å². The minimum Gasteiger partial charge on any atom is -0.351 e. The molecule has 0 bridgehead atoms. The van der Waals surface area contributed by atoms with Gasteiger partial charge in [-0.2, -0.15) is 0 Å². The maximum absolute atomic E-state index is 12.8. The van der Waals surface area contributed by atoms with Crippen molar-refractivity contribution >= 4 is 5.91 Å². The molecule has 1 atom stereocenters. The van der Waals surface area contributed by atoms with Gasteiger partial charge in [-0.1, -0.05) is 36.4 Å². The van der Waals surface area contributed by atoms with Crippen LogP contribution in [0.4, 0.5) is 4.39 Å². The molecule has 21 heavy (non-hydrogen) atoms. The second-order valence-electron chi connectivity index (χ2n) is 5.25. The van der Waals surface area contributed by atoms with E-state index in [4.69, 9.17) is 0 Å². The summed E-state index contributed by atoms with van der Waals surface area (Å²) in [6.07, 6.45) is 0.700. The third kappa shape index (κ3) is 3.28. The molecule has 2 aromatic rings. The summed E-state index contributed by atoms with van der Waals surface area (Å²) in [7, 11) is 0. The number of amides is 1. The van der Waals surface area contributed by atoms with Gasteiger partial charge in [0.2, 0.25) is 5.91 Å². The van der Waals surface area contributed by atoms with Crippen LogP contribution in [0.5, 0.6) is 0 Å². The van der Waals surface area contributed by atoms with Crippen LogP contribution in [0.15, 0.2) is 48.5 Å². The van der Waals surface area contributed by atoms with Crippen molar-refractivity contribution in [2.24, 2.45) is 0 Å². The normalized spacial score (nSPS) is 17.1. The van der Waals surface area contributed by atoms with Gasteiger partial charge in [-0.25, -0.2) is 4.39 Å².